The molecule has 0 aliphatic carbocycles. The fourth-order valence-electron chi connectivity index (χ4n) is 3.70. The molecule has 6 heteroatoms. The largest absolute Gasteiger partial charge is 0.497 e. The zero-order valence-corrected chi connectivity index (χ0v) is 17.1. The summed E-state index contributed by atoms with van der Waals surface area (Å²) in [4.78, 5) is 26.9. The Hall–Kier alpha value is -3.28. The van der Waals surface area contributed by atoms with Gasteiger partial charge in [-0.15, -0.1) is 0 Å². The molecule has 0 N–H and O–H groups in total. The number of Topliss-reactive ketones (excluding diaryl/α,β-unsaturated/α-hetero) is 1. The number of likely N-dealkylation sites (tertiary alicyclic amines) is 1. The lowest BCUT2D eigenvalue weighted by molar-refractivity contribution is -0.133. The average molecular weight is 407 g/mol. The van der Waals surface area contributed by atoms with Gasteiger partial charge in [0.05, 0.1) is 12.7 Å². The van der Waals surface area contributed by atoms with Crippen molar-refractivity contribution >= 4 is 17.8 Å². The van der Waals surface area contributed by atoms with Crippen molar-refractivity contribution in [2.75, 3.05) is 26.8 Å². The first-order valence-corrected chi connectivity index (χ1v) is 10.3. The molecule has 0 atom stereocenters. The Balaban J connectivity index is 1.42. The van der Waals surface area contributed by atoms with Crippen LogP contribution in [0.25, 0.3) is 6.08 Å². The molecule has 0 aromatic heterocycles. The molecule has 2 heterocycles. The van der Waals surface area contributed by atoms with Crippen molar-refractivity contribution in [3.8, 4) is 17.2 Å². The van der Waals surface area contributed by atoms with E-state index in [1.165, 1.54) is 12.8 Å². The van der Waals surface area contributed by atoms with E-state index in [2.05, 4.69) is 0 Å². The molecule has 0 saturated carbocycles. The summed E-state index contributed by atoms with van der Waals surface area (Å²) in [5.41, 5.74) is 1.29. The molecular formula is C24H25NO5. The van der Waals surface area contributed by atoms with E-state index < -0.39 is 0 Å². The summed E-state index contributed by atoms with van der Waals surface area (Å²) in [6.07, 6.45) is 6.12. The first-order valence-electron chi connectivity index (χ1n) is 10.3. The van der Waals surface area contributed by atoms with Gasteiger partial charge in [0.15, 0.2) is 12.4 Å². The number of benzene rings is 2. The SMILES string of the molecule is COc1cccc(C=C2Oc3cc(OCC(=O)N4CCCCCC4)ccc3C2=O)c1. The van der Waals surface area contributed by atoms with Crippen LogP contribution in [0.15, 0.2) is 48.2 Å². The van der Waals surface area contributed by atoms with E-state index >= 15 is 0 Å². The number of hydrogen-bond acceptors (Lipinski definition) is 5. The zero-order chi connectivity index (χ0) is 20.9. The Bertz CT molecular complexity index is 973. The van der Waals surface area contributed by atoms with Crippen LogP contribution >= 0.6 is 0 Å². The monoisotopic (exact) mass is 407 g/mol. The third kappa shape index (κ3) is 4.48. The highest BCUT2D eigenvalue weighted by molar-refractivity contribution is 6.14. The molecule has 1 amide bonds. The highest BCUT2D eigenvalue weighted by atomic mass is 16.5. The maximum Gasteiger partial charge on any atom is 0.260 e. The number of ether oxygens (including phenoxy) is 3. The molecule has 0 unspecified atom stereocenters. The van der Waals surface area contributed by atoms with Gasteiger partial charge in [-0.1, -0.05) is 25.0 Å². The number of allylic oxidation sites excluding steroid dienone is 1. The second-order valence-electron chi connectivity index (χ2n) is 7.46. The zero-order valence-electron chi connectivity index (χ0n) is 17.1. The number of carbonyl (C=O) groups is 2. The van der Waals surface area contributed by atoms with E-state index in [-0.39, 0.29) is 24.1 Å². The van der Waals surface area contributed by atoms with Crippen LogP contribution in [0.3, 0.4) is 0 Å². The van der Waals surface area contributed by atoms with E-state index in [4.69, 9.17) is 14.2 Å². The Morgan fingerprint density at radius 2 is 1.87 bits per heavy atom. The molecular weight excluding hydrogens is 382 g/mol. The Morgan fingerprint density at radius 1 is 1.07 bits per heavy atom. The summed E-state index contributed by atoms with van der Waals surface area (Å²) >= 11 is 0. The second kappa shape index (κ2) is 9.03. The number of hydrogen-bond donors (Lipinski definition) is 0. The first kappa shape index (κ1) is 20.0. The summed E-state index contributed by atoms with van der Waals surface area (Å²) in [7, 11) is 1.60. The number of ketones is 1. The highest BCUT2D eigenvalue weighted by Crippen LogP contribution is 2.35. The van der Waals surface area contributed by atoms with Crippen molar-refractivity contribution in [2.45, 2.75) is 25.7 Å². The van der Waals surface area contributed by atoms with Gasteiger partial charge in [-0.3, -0.25) is 9.59 Å². The molecule has 1 saturated heterocycles. The molecule has 2 aliphatic heterocycles. The van der Waals surface area contributed by atoms with Gasteiger partial charge in [0.1, 0.15) is 17.2 Å². The third-order valence-corrected chi connectivity index (χ3v) is 5.35. The minimum absolute atomic E-state index is 0.00648. The molecule has 6 nitrogen and oxygen atoms in total. The van der Waals surface area contributed by atoms with Crippen LogP contribution in [0, 0.1) is 0 Å². The van der Waals surface area contributed by atoms with Crippen LogP contribution < -0.4 is 14.2 Å². The molecule has 30 heavy (non-hydrogen) atoms. The molecule has 0 radical (unpaired) electrons. The summed E-state index contributed by atoms with van der Waals surface area (Å²) in [6, 6.07) is 12.4. The van der Waals surface area contributed by atoms with Crippen molar-refractivity contribution in [1.29, 1.82) is 0 Å². The minimum atomic E-state index is -0.181. The van der Waals surface area contributed by atoms with Gasteiger partial charge in [-0.05, 0) is 48.7 Å². The van der Waals surface area contributed by atoms with Crippen molar-refractivity contribution in [2.24, 2.45) is 0 Å². The second-order valence-corrected chi connectivity index (χ2v) is 7.46. The molecule has 0 bridgehead atoms. The minimum Gasteiger partial charge on any atom is -0.497 e. The van der Waals surface area contributed by atoms with Gasteiger partial charge in [0.2, 0.25) is 5.78 Å². The molecule has 0 spiro atoms. The molecule has 2 aliphatic rings. The fourth-order valence-corrected chi connectivity index (χ4v) is 3.70. The average Bonchev–Trinajstić information content (AvgIpc) is 2.94. The number of nitrogens with zero attached hydrogens (tertiary/aromatic N) is 1. The molecule has 1 fully saturated rings. The Kier molecular flexibility index (Phi) is 6.02. The summed E-state index contributed by atoms with van der Waals surface area (Å²) in [5.74, 6) is 1.71. The molecule has 2 aromatic rings. The van der Waals surface area contributed by atoms with Crippen molar-refractivity contribution in [1.82, 2.24) is 4.90 Å². The van der Waals surface area contributed by atoms with Crippen LogP contribution in [0.4, 0.5) is 0 Å². The lowest BCUT2D eigenvalue weighted by Crippen LogP contribution is -2.35. The van der Waals surface area contributed by atoms with Crippen LogP contribution in [-0.2, 0) is 4.79 Å². The van der Waals surface area contributed by atoms with E-state index in [1.54, 1.807) is 31.4 Å². The van der Waals surface area contributed by atoms with Crippen LogP contribution in [0.1, 0.15) is 41.6 Å². The Labute approximate surface area is 176 Å². The van der Waals surface area contributed by atoms with Gasteiger partial charge >= 0.3 is 0 Å². The standard InChI is InChI=1S/C24H25NO5/c1-28-18-8-6-7-17(13-18)14-22-24(27)20-10-9-19(15-21(20)30-22)29-16-23(26)25-11-4-2-3-5-12-25/h6-10,13-15H,2-5,11-12,16H2,1H3. The van der Waals surface area contributed by atoms with Gasteiger partial charge in [0, 0.05) is 19.2 Å². The number of rotatable bonds is 5. The van der Waals surface area contributed by atoms with Crippen LogP contribution in [0.2, 0.25) is 0 Å². The smallest absolute Gasteiger partial charge is 0.260 e. The number of fused-ring (bicyclic) bond motifs is 1. The first-order chi connectivity index (χ1) is 14.6. The van der Waals surface area contributed by atoms with Crippen molar-refractivity contribution in [3.05, 3.63) is 59.4 Å². The van der Waals surface area contributed by atoms with E-state index in [1.807, 2.05) is 29.2 Å². The van der Waals surface area contributed by atoms with E-state index in [9.17, 15) is 9.59 Å². The molecule has 2 aromatic carbocycles. The normalized spacial score (nSPS) is 17.3. The van der Waals surface area contributed by atoms with Gasteiger partial charge < -0.3 is 19.1 Å². The fraction of sp³-hybridized carbons (Fsp3) is 0.333. The predicted molar refractivity (Wildman–Crippen MR) is 113 cm³/mol. The maximum atomic E-state index is 12.6. The number of methoxy groups -OCH3 is 1. The van der Waals surface area contributed by atoms with Gasteiger partial charge in [-0.25, -0.2) is 0 Å². The summed E-state index contributed by atoms with van der Waals surface area (Å²) in [6.45, 7) is 1.57. The Morgan fingerprint density at radius 3 is 2.63 bits per heavy atom. The number of amides is 1. The topological polar surface area (TPSA) is 65.1 Å². The van der Waals surface area contributed by atoms with E-state index in [0.717, 1.165) is 31.5 Å². The lowest BCUT2D eigenvalue weighted by Gasteiger charge is -2.20. The van der Waals surface area contributed by atoms with Crippen molar-refractivity contribution < 1.29 is 23.8 Å². The third-order valence-electron chi connectivity index (χ3n) is 5.35. The lowest BCUT2D eigenvalue weighted by atomic mass is 10.1. The van der Waals surface area contributed by atoms with Crippen LogP contribution in [0.5, 0.6) is 17.2 Å². The van der Waals surface area contributed by atoms with Crippen LogP contribution in [-0.4, -0.2) is 43.4 Å². The molecule has 4 rings (SSSR count). The quantitative estimate of drug-likeness (QED) is 0.699. The summed E-state index contributed by atoms with van der Waals surface area (Å²) < 4.78 is 16.7. The van der Waals surface area contributed by atoms with Gasteiger partial charge in [0.25, 0.3) is 5.91 Å². The highest BCUT2D eigenvalue weighted by Gasteiger charge is 2.28. The van der Waals surface area contributed by atoms with E-state index in [0.29, 0.717) is 22.8 Å². The molecule has 156 valence electrons. The predicted octanol–water partition coefficient (Wildman–Crippen LogP) is 4.09. The van der Waals surface area contributed by atoms with Crippen molar-refractivity contribution in [3.63, 3.8) is 0 Å². The summed E-state index contributed by atoms with van der Waals surface area (Å²) in [5, 5.41) is 0. The number of carbonyl (C=O) groups excluding carboxylic acids is 2. The van der Waals surface area contributed by atoms with Gasteiger partial charge in [-0.2, -0.15) is 0 Å². The maximum absolute atomic E-state index is 12.6.